The highest BCUT2D eigenvalue weighted by Gasteiger charge is 2.45. The van der Waals surface area contributed by atoms with Crippen LogP contribution in [0.25, 0.3) is 0 Å². The van der Waals surface area contributed by atoms with Crippen molar-refractivity contribution in [3.8, 4) is 0 Å². The minimum atomic E-state index is -1.03. The summed E-state index contributed by atoms with van der Waals surface area (Å²) in [7, 11) is 0. The average Bonchev–Trinajstić information content (AvgIpc) is 2.81. The van der Waals surface area contributed by atoms with E-state index in [1.807, 2.05) is 54.3 Å². The summed E-state index contributed by atoms with van der Waals surface area (Å²) in [6.07, 6.45) is 8.11. The third-order valence-electron chi connectivity index (χ3n) is 7.13. The van der Waals surface area contributed by atoms with Crippen LogP contribution in [0.2, 0.25) is 0 Å². The number of aromatic nitrogens is 1. The van der Waals surface area contributed by atoms with Gasteiger partial charge in [0.15, 0.2) is 0 Å². The molecule has 170 valence electrons. The Labute approximate surface area is 190 Å². The van der Waals surface area contributed by atoms with Crippen LogP contribution in [-0.2, 0) is 9.59 Å². The number of aliphatic carboxylic acids is 1. The standard InChI is InChI=1S/C26H33N3O3/c1-20-12-15-27-23(18-20)28-16-13-26(14-17-28,25(31)32)19-24(30)29(21-8-4-2-5-9-21)22-10-6-3-7-11-22/h2,4-5,8-9,12,15,18,22H,3,6-7,10-11,13-14,16-17,19H2,1H3,(H,31,32). The summed E-state index contributed by atoms with van der Waals surface area (Å²) in [6.45, 7) is 3.20. The van der Waals surface area contributed by atoms with E-state index in [1.165, 1.54) is 6.42 Å². The molecule has 2 aliphatic rings. The number of piperidine rings is 1. The smallest absolute Gasteiger partial charge is 0.310 e. The lowest BCUT2D eigenvalue weighted by Gasteiger charge is -2.41. The fourth-order valence-corrected chi connectivity index (χ4v) is 5.18. The molecule has 1 aromatic heterocycles. The topological polar surface area (TPSA) is 73.7 Å². The van der Waals surface area contributed by atoms with Gasteiger partial charge in [-0.15, -0.1) is 0 Å². The van der Waals surface area contributed by atoms with Gasteiger partial charge in [-0.3, -0.25) is 9.59 Å². The Kier molecular flexibility index (Phi) is 6.77. The van der Waals surface area contributed by atoms with E-state index in [0.29, 0.717) is 25.9 Å². The van der Waals surface area contributed by atoms with Crippen LogP contribution in [0.4, 0.5) is 11.5 Å². The van der Waals surface area contributed by atoms with Crippen LogP contribution >= 0.6 is 0 Å². The summed E-state index contributed by atoms with van der Waals surface area (Å²) in [5.41, 5.74) is 0.983. The lowest BCUT2D eigenvalue weighted by atomic mass is 9.75. The molecule has 4 rings (SSSR count). The van der Waals surface area contributed by atoms with Crippen LogP contribution in [0.15, 0.2) is 48.7 Å². The molecular weight excluding hydrogens is 402 g/mol. The Morgan fingerprint density at radius 1 is 1.09 bits per heavy atom. The van der Waals surface area contributed by atoms with Crippen molar-refractivity contribution in [3.05, 3.63) is 54.2 Å². The minimum absolute atomic E-state index is 0.0445. The van der Waals surface area contributed by atoms with E-state index in [1.54, 1.807) is 6.20 Å². The zero-order valence-electron chi connectivity index (χ0n) is 18.9. The molecular formula is C26H33N3O3. The van der Waals surface area contributed by atoms with Crippen molar-refractivity contribution in [3.63, 3.8) is 0 Å². The number of pyridine rings is 1. The molecule has 1 saturated carbocycles. The van der Waals surface area contributed by atoms with E-state index in [0.717, 1.165) is 42.8 Å². The lowest BCUT2D eigenvalue weighted by molar-refractivity contribution is -0.153. The van der Waals surface area contributed by atoms with Crippen molar-refractivity contribution in [1.29, 1.82) is 0 Å². The normalized spacial score (nSPS) is 18.8. The number of anilines is 2. The van der Waals surface area contributed by atoms with Gasteiger partial charge in [0, 0.05) is 37.4 Å². The molecule has 2 aromatic rings. The van der Waals surface area contributed by atoms with E-state index in [2.05, 4.69) is 9.88 Å². The summed E-state index contributed by atoms with van der Waals surface area (Å²) in [5, 5.41) is 10.2. The molecule has 1 amide bonds. The van der Waals surface area contributed by atoms with Gasteiger partial charge in [-0.25, -0.2) is 4.98 Å². The number of aryl methyl sites for hydroxylation is 1. The summed E-state index contributed by atoms with van der Waals surface area (Å²) >= 11 is 0. The first-order valence-electron chi connectivity index (χ1n) is 11.8. The first kappa shape index (κ1) is 22.3. The lowest BCUT2D eigenvalue weighted by Crippen LogP contribution is -2.49. The molecule has 0 spiro atoms. The van der Waals surface area contributed by atoms with Crippen LogP contribution in [0.1, 0.15) is 56.9 Å². The van der Waals surface area contributed by atoms with Gasteiger partial charge in [-0.1, -0.05) is 37.5 Å². The van der Waals surface area contributed by atoms with E-state index in [4.69, 9.17) is 0 Å². The first-order chi connectivity index (χ1) is 15.5. The highest BCUT2D eigenvalue weighted by Crippen LogP contribution is 2.39. The summed E-state index contributed by atoms with van der Waals surface area (Å²) in [4.78, 5) is 34.6. The van der Waals surface area contributed by atoms with Crippen LogP contribution in [0.5, 0.6) is 0 Å². The predicted octanol–water partition coefficient (Wildman–Crippen LogP) is 4.82. The predicted molar refractivity (Wildman–Crippen MR) is 126 cm³/mol. The van der Waals surface area contributed by atoms with Gasteiger partial charge in [0.05, 0.1) is 5.41 Å². The van der Waals surface area contributed by atoms with Crippen LogP contribution in [0, 0.1) is 12.3 Å². The average molecular weight is 436 g/mol. The molecule has 1 aromatic carbocycles. The van der Waals surface area contributed by atoms with Crippen molar-refractivity contribution in [1.82, 2.24) is 4.98 Å². The van der Waals surface area contributed by atoms with Crippen LogP contribution in [-0.4, -0.2) is 41.1 Å². The highest BCUT2D eigenvalue weighted by atomic mass is 16.4. The third kappa shape index (κ3) is 4.79. The maximum Gasteiger partial charge on any atom is 0.310 e. The van der Waals surface area contributed by atoms with Crippen LogP contribution in [0.3, 0.4) is 0 Å². The van der Waals surface area contributed by atoms with E-state index < -0.39 is 11.4 Å². The maximum absolute atomic E-state index is 13.7. The van der Waals surface area contributed by atoms with Crippen LogP contribution < -0.4 is 9.80 Å². The molecule has 6 heteroatoms. The summed E-state index contributed by atoms with van der Waals surface area (Å²) < 4.78 is 0. The molecule has 6 nitrogen and oxygen atoms in total. The van der Waals surface area contributed by atoms with Crippen molar-refractivity contribution < 1.29 is 14.7 Å². The Bertz CT molecular complexity index is 932. The monoisotopic (exact) mass is 435 g/mol. The molecule has 2 heterocycles. The van der Waals surface area contributed by atoms with E-state index in [9.17, 15) is 14.7 Å². The van der Waals surface area contributed by atoms with Crippen molar-refractivity contribution in [2.45, 2.75) is 64.3 Å². The number of amides is 1. The Morgan fingerprint density at radius 2 is 1.78 bits per heavy atom. The van der Waals surface area contributed by atoms with Crippen molar-refractivity contribution in [2.24, 2.45) is 5.41 Å². The second-order valence-electron chi connectivity index (χ2n) is 9.33. The number of carbonyl (C=O) groups is 2. The van der Waals surface area contributed by atoms with Gasteiger partial charge in [0.1, 0.15) is 5.82 Å². The Morgan fingerprint density at radius 3 is 2.41 bits per heavy atom. The largest absolute Gasteiger partial charge is 0.481 e. The number of carbonyl (C=O) groups excluding carboxylic acids is 1. The molecule has 32 heavy (non-hydrogen) atoms. The summed E-state index contributed by atoms with van der Waals surface area (Å²) in [5.74, 6) is -0.0459. The number of carboxylic acid groups (broad SMARTS) is 1. The molecule has 0 unspecified atom stereocenters. The fraction of sp³-hybridized carbons (Fsp3) is 0.500. The molecule has 0 bridgehead atoms. The Balaban J connectivity index is 1.52. The van der Waals surface area contributed by atoms with Gasteiger partial charge in [0.2, 0.25) is 5.91 Å². The second kappa shape index (κ2) is 9.72. The molecule has 1 aliphatic heterocycles. The zero-order chi connectivity index (χ0) is 22.6. The molecule has 1 N–H and O–H groups in total. The fourth-order valence-electron chi connectivity index (χ4n) is 5.18. The third-order valence-corrected chi connectivity index (χ3v) is 7.13. The van der Waals surface area contributed by atoms with E-state index >= 15 is 0 Å². The Hall–Kier alpha value is -2.89. The van der Waals surface area contributed by atoms with Gasteiger partial charge in [-0.2, -0.15) is 0 Å². The van der Waals surface area contributed by atoms with Gasteiger partial charge in [0.25, 0.3) is 0 Å². The maximum atomic E-state index is 13.7. The molecule has 0 atom stereocenters. The van der Waals surface area contributed by atoms with Gasteiger partial charge < -0.3 is 14.9 Å². The number of carboxylic acids is 1. The molecule has 2 fully saturated rings. The number of nitrogens with zero attached hydrogens (tertiary/aromatic N) is 3. The quantitative estimate of drug-likeness (QED) is 0.704. The zero-order valence-corrected chi connectivity index (χ0v) is 18.9. The van der Waals surface area contributed by atoms with Crippen molar-refractivity contribution in [2.75, 3.05) is 22.9 Å². The van der Waals surface area contributed by atoms with Gasteiger partial charge in [-0.05, 0) is 62.4 Å². The van der Waals surface area contributed by atoms with Gasteiger partial charge >= 0.3 is 5.97 Å². The molecule has 1 aliphatic carbocycles. The molecule has 1 saturated heterocycles. The van der Waals surface area contributed by atoms with Crippen molar-refractivity contribution >= 4 is 23.4 Å². The van der Waals surface area contributed by atoms with E-state index in [-0.39, 0.29) is 18.4 Å². The summed E-state index contributed by atoms with van der Waals surface area (Å²) in [6, 6.07) is 13.9. The number of hydrogen-bond acceptors (Lipinski definition) is 4. The number of rotatable bonds is 6. The number of benzene rings is 1. The first-order valence-corrected chi connectivity index (χ1v) is 11.8. The second-order valence-corrected chi connectivity index (χ2v) is 9.33. The molecule has 0 radical (unpaired) electrons. The number of hydrogen-bond donors (Lipinski definition) is 1. The highest BCUT2D eigenvalue weighted by molar-refractivity contribution is 5.97. The number of para-hydroxylation sites is 1. The SMILES string of the molecule is Cc1ccnc(N2CCC(CC(=O)N(c3ccccc3)C3CCCCC3)(C(=O)O)CC2)c1. The minimum Gasteiger partial charge on any atom is -0.481 e.